The van der Waals surface area contributed by atoms with Crippen LogP contribution in [0.4, 0.5) is 19.6 Å². The molecule has 0 unspecified atom stereocenters. The fraction of sp³-hybridized carbons (Fsp3) is 0.346. The molecular weight excluding hydrogens is 502 g/mol. The molecule has 37 heavy (non-hydrogen) atoms. The van der Waals surface area contributed by atoms with Gasteiger partial charge in [-0.25, -0.2) is 13.8 Å². The first-order chi connectivity index (χ1) is 17.5. The zero-order valence-corrected chi connectivity index (χ0v) is 21.3. The Morgan fingerprint density at radius 3 is 2.49 bits per heavy atom. The molecule has 11 heteroatoms. The van der Waals surface area contributed by atoms with Crippen LogP contribution in [-0.2, 0) is 10.3 Å². The molecule has 3 aromatic rings. The minimum absolute atomic E-state index is 0.0153. The van der Waals surface area contributed by atoms with Gasteiger partial charge in [0.25, 0.3) is 11.8 Å². The number of carbonyl (C=O) groups excluding carboxylic acids is 2. The summed E-state index contributed by atoms with van der Waals surface area (Å²) < 4.78 is 35.1. The highest BCUT2D eigenvalue weighted by atomic mass is 32.1. The summed E-state index contributed by atoms with van der Waals surface area (Å²) in [6, 6.07) is 8.20. The number of aromatic nitrogens is 1. The van der Waals surface area contributed by atoms with Gasteiger partial charge in [-0.05, 0) is 68.5 Å². The predicted octanol–water partition coefficient (Wildman–Crippen LogP) is 4.31. The molecule has 1 fully saturated rings. The van der Waals surface area contributed by atoms with E-state index in [1.165, 1.54) is 19.9 Å². The van der Waals surface area contributed by atoms with E-state index in [9.17, 15) is 23.5 Å². The second-order valence-electron chi connectivity index (χ2n) is 9.39. The molecule has 5 N–H and O–H groups in total. The van der Waals surface area contributed by atoms with E-state index >= 15 is 0 Å². The molecule has 0 atom stereocenters. The number of nitrogens with one attached hydrogen (secondary N) is 2. The van der Waals surface area contributed by atoms with Crippen molar-refractivity contribution >= 4 is 34.0 Å². The second-order valence-corrected chi connectivity index (χ2v) is 10.4. The standard InChI is InChI=1S/C26H28F2N4O4S/c1-26(2,35)15-10-17(27)22(18(28)11-15)20-12-16(23(29)33)25(37-20)32-21-5-3-4-19(31-21)24(34)30-13-14-6-8-36-9-7-14/h3-5,10-12,14,35H,6-9,13H2,1-2H3,(H2,29,33)(H,30,34)(H,31,32). The highest BCUT2D eigenvalue weighted by molar-refractivity contribution is 7.20. The Bertz CT molecular complexity index is 1290. The highest BCUT2D eigenvalue weighted by Crippen LogP contribution is 2.40. The lowest BCUT2D eigenvalue weighted by Crippen LogP contribution is -2.32. The quantitative estimate of drug-likeness (QED) is 0.344. The van der Waals surface area contributed by atoms with Gasteiger partial charge in [0.1, 0.15) is 28.1 Å². The van der Waals surface area contributed by atoms with E-state index < -0.39 is 23.1 Å². The van der Waals surface area contributed by atoms with E-state index in [4.69, 9.17) is 10.5 Å². The number of pyridine rings is 1. The molecule has 0 saturated carbocycles. The van der Waals surface area contributed by atoms with Gasteiger partial charge in [-0.2, -0.15) is 0 Å². The van der Waals surface area contributed by atoms with Gasteiger partial charge >= 0.3 is 0 Å². The highest BCUT2D eigenvalue weighted by Gasteiger charge is 2.25. The molecule has 1 aliphatic heterocycles. The topological polar surface area (TPSA) is 127 Å². The Balaban J connectivity index is 1.57. The van der Waals surface area contributed by atoms with Crippen LogP contribution in [0.2, 0.25) is 0 Å². The Kier molecular flexibility index (Phi) is 7.86. The summed E-state index contributed by atoms with van der Waals surface area (Å²) in [5.74, 6) is -2.31. The lowest BCUT2D eigenvalue weighted by atomic mass is 9.96. The van der Waals surface area contributed by atoms with Crippen LogP contribution in [0, 0.1) is 17.6 Å². The number of nitrogens with zero attached hydrogens (tertiary/aromatic N) is 1. The van der Waals surface area contributed by atoms with Crippen LogP contribution < -0.4 is 16.4 Å². The van der Waals surface area contributed by atoms with Gasteiger partial charge in [0.15, 0.2) is 0 Å². The summed E-state index contributed by atoms with van der Waals surface area (Å²) >= 11 is 0.914. The molecule has 1 aromatic carbocycles. The number of hydrogen-bond donors (Lipinski definition) is 4. The van der Waals surface area contributed by atoms with Crippen molar-refractivity contribution in [2.24, 2.45) is 11.7 Å². The van der Waals surface area contributed by atoms with Crippen molar-refractivity contribution in [2.75, 3.05) is 25.1 Å². The number of primary amides is 1. The second kappa shape index (κ2) is 10.9. The third-order valence-corrected chi connectivity index (χ3v) is 7.18. The fourth-order valence-corrected chi connectivity index (χ4v) is 5.10. The molecule has 2 amide bonds. The smallest absolute Gasteiger partial charge is 0.269 e. The van der Waals surface area contributed by atoms with Crippen LogP contribution in [0.25, 0.3) is 10.4 Å². The number of amides is 2. The number of anilines is 2. The van der Waals surface area contributed by atoms with Crippen LogP contribution in [0.3, 0.4) is 0 Å². The normalized spacial score (nSPS) is 14.4. The summed E-state index contributed by atoms with van der Waals surface area (Å²) in [6.07, 6.45) is 1.77. The van der Waals surface area contributed by atoms with Gasteiger partial charge in [-0.3, -0.25) is 9.59 Å². The Labute approximate surface area is 216 Å². The van der Waals surface area contributed by atoms with Crippen LogP contribution in [0.5, 0.6) is 0 Å². The van der Waals surface area contributed by atoms with E-state index in [0.29, 0.717) is 25.7 Å². The lowest BCUT2D eigenvalue weighted by Gasteiger charge is -2.22. The number of thiophene rings is 1. The maximum atomic E-state index is 14.9. The molecule has 4 rings (SSSR count). The van der Waals surface area contributed by atoms with Crippen molar-refractivity contribution in [3.63, 3.8) is 0 Å². The Hall–Kier alpha value is -3.41. The summed E-state index contributed by atoms with van der Waals surface area (Å²) in [5.41, 5.74) is 4.00. The van der Waals surface area contributed by atoms with Gasteiger partial charge in [0.05, 0.1) is 16.7 Å². The molecule has 1 saturated heterocycles. The monoisotopic (exact) mass is 530 g/mol. The van der Waals surface area contributed by atoms with E-state index in [-0.39, 0.29) is 44.0 Å². The molecule has 0 radical (unpaired) electrons. The summed E-state index contributed by atoms with van der Waals surface area (Å²) in [4.78, 5) is 29.2. The minimum Gasteiger partial charge on any atom is -0.386 e. The zero-order valence-electron chi connectivity index (χ0n) is 20.4. The molecule has 3 heterocycles. The van der Waals surface area contributed by atoms with Crippen molar-refractivity contribution in [1.29, 1.82) is 0 Å². The fourth-order valence-electron chi connectivity index (χ4n) is 3.98. The van der Waals surface area contributed by atoms with Crippen LogP contribution >= 0.6 is 11.3 Å². The molecule has 2 aromatic heterocycles. The molecular formula is C26H28F2N4O4S. The van der Waals surface area contributed by atoms with Crippen molar-refractivity contribution < 1.29 is 28.2 Å². The van der Waals surface area contributed by atoms with E-state index in [0.717, 1.165) is 36.3 Å². The van der Waals surface area contributed by atoms with E-state index in [1.54, 1.807) is 18.2 Å². The SMILES string of the molecule is CC(C)(O)c1cc(F)c(-c2cc(C(N)=O)c(Nc3cccc(C(=O)NCC4CCOCC4)n3)s2)c(F)c1. The molecule has 8 nitrogen and oxygen atoms in total. The number of hydrogen-bond acceptors (Lipinski definition) is 7. The number of nitrogens with two attached hydrogens (primary N) is 1. The number of ether oxygens (including phenoxy) is 1. The summed E-state index contributed by atoms with van der Waals surface area (Å²) in [5, 5.41) is 16.2. The molecule has 0 spiro atoms. The summed E-state index contributed by atoms with van der Waals surface area (Å²) in [6.45, 7) is 4.73. The largest absolute Gasteiger partial charge is 0.386 e. The molecule has 196 valence electrons. The van der Waals surface area contributed by atoms with Crippen molar-refractivity contribution in [2.45, 2.75) is 32.3 Å². The summed E-state index contributed by atoms with van der Waals surface area (Å²) in [7, 11) is 0. The number of halogens is 2. The third kappa shape index (κ3) is 6.30. The Morgan fingerprint density at radius 1 is 1.19 bits per heavy atom. The first-order valence-corrected chi connectivity index (χ1v) is 12.6. The van der Waals surface area contributed by atoms with Gasteiger partial charge < -0.3 is 26.2 Å². The van der Waals surface area contributed by atoms with Crippen LogP contribution in [-0.4, -0.2) is 41.7 Å². The number of carbonyl (C=O) groups is 2. The average Bonchev–Trinajstić information content (AvgIpc) is 3.25. The van der Waals surface area contributed by atoms with Crippen molar-refractivity contribution in [3.05, 3.63) is 64.9 Å². The molecule has 0 aliphatic carbocycles. The number of aliphatic hydroxyl groups is 1. The van der Waals surface area contributed by atoms with Crippen molar-refractivity contribution in [1.82, 2.24) is 10.3 Å². The van der Waals surface area contributed by atoms with Gasteiger partial charge in [-0.15, -0.1) is 11.3 Å². The molecule has 0 bridgehead atoms. The number of benzene rings is 1. The third-order valence-electron chi connectivity index (χ3n) is 6.11. The zero-order chi connectivity index (χ0) is 26.7. The predicted molar refractivity (Wildman–Crippen MR) is 137 cm³/mol. The van der Waals surface area contributed by atoms with Gasteiger partial charge in [0.2, 0.25) is 0 Å². The Morgan fingerprint density at radius 2 is 1.86 bits per heavy atom. The number of rotatable bonds is 8. The average molecular weight is 531 g/mol. The first-order valence-electron chi connectivity index (χ1n) is 11.8. The van der Waals surface area contributed by atoms with E-state index in [1.807, 2.05) is 0 Å². The maximum Gasteiger partial charge on any atom is 0.269 e. The van der Waals surface area contributed by atoms with Crippen LogP contribution in [0.15, 0.2) is 36.4 Å². The van der Waals surface area contributed by atoms with Crippen LogP contribution in [0.1, 0.15) is 53.1 Å². The maximum absolute atomic E-state index is 14.9. The van der Waals surface area contributed by atoms with Crippen molar-refractivity contribution in [3.8, 4) is 10.4 Å². The molecule has 1 aliphatic rings. The van der Waals surface area contributed by atoms with Gasteiger partial charge in [-0.1, -0.05) is 6.07 Å². The van der Waals surface area contributed by atoms with E-state index in [2.05, 4.69) is 15.6 Å². The minimum atomic E-state index is -1.44. The lowest BCUT2D eigenvalue weighted by molar-refractivity contribution is 0.0642. The van der Waals surface area contributed by atoms with Gasteiger partial charge in [0, 0.05) is 24.6 Å². The first kappa shape index (κ1) is 26.6.